The Morgan fingerprint density at radius 1 is 0.889 bits per heavy atom. The van der Waals surface area contributed by atoms with E-state index in [2.05, 4.69) is 62.4 Å². The second kappa shape index (κ2) is 6.39. The number of hydrogen-bond donors (Lipinski definition) is 0. The summed E-state index contributed by atoms with van der Waals surface area (Å²) in [7, 11) is 0. The van der Waals surface area contributed by atoms with Crippen molar-refractivity contribution in [2.45, 2.75) is 39.5 Å². The van der Waals surface area contributed by atoms with Crippen LogP contribution >= 0.6 is 0 Å². The molecule has 0 unspecified atom stereocenters. The lowest BCUT2D eigenvalue weighted by molar-refractivity contribution is 0.796. The molecule has 0 aliphatic heterocycles. The Bertz CT molecular complexity index is 497. The molecule has 0 saturated heterocycles. The number of unbranched alkanes of at least 4 members (excludes halogenated alkanes) is 1. The zero-order valence-corrected chi connectivity index (χ0v) is 11.4. The molecule has 0 nitrogen and oxygen atoms in total. The minimum Gasteiger partial charge on any atom is -0.0654 e. The third-order valence-corrected chi connectivity index (χ3v) is 3.46. The van der Waals surface area contributed by atoms with E-state index in [0.717, 1.165) is 6.42 Å². The first kappa shape index (κ1) is 12.9. The van der Waals surface area contributed by atoms with E-state index in [0.29, 0.717) is 0 Å². The maximum Gasteiger partial charge on any atom is -0.0152 e. The van der Waals surface area contributed by atoms with Crippen LogP contribution in [0.5, 0.6) is 0 Å². The zero-order valence-electron chi connectivity index (χ0n) is 11.4. The van der Waals surface area contributed by atoms with Gasteiger partial charge in [0.05, 0.1) is 0 Å². The van der Waals surface area contributed by atoms with Gasteiger partial charge in [-0.05, 0) is 41.5 Å². The van der Waals surface area contributed by atoms with Crippen molar-refractivity contribution in [2.24, 2.45) is 0 Å². The Labute approximate surface area is 111 Å². The van der Waals surface area contributed by atoms with Crippen molar-refractivity contribution in [2.75, 3.05) is 0 Å². The van der Waals surface area contributed by atoms with Gasteiger partial charge in [0.25, 0.3) is 0 Å². The molecule has 0 saturated carbocycles. The lowest BCUT2D eigenvalue weighted by atomic mass is 9.95. The van der Waals surface area contributed by atoms with E-state index in [9.17, 15) is 0 Å². The maximum absolute atomic E-state index is 2.32. The van der Waals surface area contributed by atoms with Crippen LogP contribution in [0.3, 0.4) is 0 Å². The Morgan fingerprint density at radius 3 is 2.50 bits per heavy atom. The highest BCUT2D eigenvalue weighted by Gasteiger charge is 2.04. The van der Waals surface area contributed by atoms with Gasteiger partial charge in [-0.25, -0.2) is 0 Å². The molecule has 0 bridgehead atoms. The topological polar surface area (TPSA) is 0 Å². The Kier molecular flexibility index (Phi) is 4.58. The largest absolute Gasteiger partial charge is 0.0654 e. The SMILES string of the molecule is CCCCc1ccccc1-c1cccc(CC)c1. The molecule has 0 spiro atoms. The molecule has 0 aliphatic carbocycles. The third kappa shape index (κ3) is 3.01. The van der Waals surface area contributed by atoms with Gasteiger partial charge < -0.3 is 0 Å². The standard InChI is InChI=1S/C18H22/c1-3-5-10-16-11-6-7-13-18(16)17-12-8-9-15(4-2)14-17/h6-9,11-14H,3-5,10H2,1-2H3. The number of rotatable bonds is 5. The van der Waals surface area contributed by atoms with Crippen molar-refractivity contribution in [3.05, 3.63) is 59.7 Å². The minimum absolute atomic E-state index is 1.10. The van der Waals surface area contributed by atoms with Gasteiger partial charge >= 0.3 is 0 Å². The van der Waals surface area contributed by atoms with Gasteiger partial charge in [0, 0.05) is 0 Å². The summed E-state index contributed by atoms with van der Waals surface area (Å²) >= 11 is 0. The first-order chi connectivity index (χ1) is 8.85. The maximum atomic E-state index is 2.32. The summed E-state index contributed by atoms with van der Waals surface area (Å²) in [5.41, 5.74) is 5.66. The molecule has 0 N–H and O–H groups in total. The fourth-order valence-corrected chi connectivity index (χ4v) is 2.35. The van der Waals surface area contributed by atoms with Crippen molar-refractivity contribution in [3.63, 3.8) is 0 Å². The second-order valence-corrected chi connectivity index (χ2v) is 4.81. The Hall–Kier alpha value is -1.56. The first-order valence-corrected chi connectivity index (χ1v) is 7.02. The molecule has 2 aromatic rings. The normalized spacial score (nSPS) is 10.6. The van der Waals surface area contributed by atoms with Gasteiger partial charge in [-0.3, -0.25) is 0 Å². The molecule has 0 aromatic heterocycles. The van der Waals surface area contributed by atoms with Crippen LogP contribution in [0.4, 0.5) is 0 Å². The van der Waals surface area contributed by atoms with Gasteiger partial charge in [0.15, 0.2) is 0 Å². The highest BCUT2D eigenvalue weighted by molar-refractivity contribution is 5.68. The number of benzene rings is 2. The summed E-state index contributed by atoms with van der Waals surface area (Å²) in [5.74, 6) is 0. The summed E-state index contributed by atoms with van der Waals surface area (Å²) < 4.78 is 0. The van der Waals surface area contributed by atoms with Gasteiger partial charge in [-0.15, -0.1) is 0 Å². The quantitative estimate of drug-likeness (QED) is 0.666. The van der Waals surface area contributed by atoms with Crippen LogP contribution in [0, 0.1) is 0 Å². The fraction of sp³-hybridized carbons (Fsp3) is 0.333. The van der Waals surface area contributed by atoms with E-state index >= 15 is 0 Å². The number of aryl methyl sites for hydroxylation is 2. The zero-order chi connectivity index (χ0) is 12.8. The monoisotopic (exact) mass is 238 g/mol. The van der Waals surface area contributed by atoms with Crippen LogP contribution in [0.25, 0.3) is 11.1 Å². The van der Waals surface area contributed by atoms with Crippen LogP contribution in [-0.2, 0) is 12.8 Å². The van der Waals surface area contributed by atoms with Crippen molar-refractivity contribution >= 4 is 0 Å². The average molecular weight is 238 g/mol. The molecule has 0 heteroatoms. The first-order valence-electron chi connectivity index (χ1n) is 7.02. The number of hydrogen-bond acceptors (Lipinski definition) is 0. The van der Waals surface area contributed by atoms with Gasteiger partial charge in [-0.2, -0.15) is 0 Å². The molecule has 0 aliphatic rings. The van der Waals surface area contributed by atoms with E-state index in [1.54, 1.807) is 0 Å². The van der Waals surface area contributed by atoms with Crippen molar-refractivity contribution in [1.29, 1.82) is 0 Å². The van der Waals surface area contributed by atoms with E-state index in [4.69, 9.17) is 0 Å². The Balaban J connectivity index is 2.36. The smallest absolute Gasteiger partial charge is 0.0152 e. The van der Waals surface area contributed by atoms with Crippen molar-refractivity contribution in [1.82, 2.24) is 0 Å². The Morgan fingerprint density at radius 2 is 1.72 bits per heavy atom. The van der Waals surface area contributed by atoms with Gasteiger partial charge in [0.2, 0.25) is 0 Å². The van der Waals surface area contributed by atoms with Crippen LogP contribution in [0.2, 0.25) is 0 Å². The molecule has 0 radical (unpaired) electrons. The molecular weight excluding hydrogens is 216 g/mol. The summed E-state index contributed by atoms with van der Waals surface area (Å²) in [6, 6.07) is 17.7. The molecular formula is C18H22. The van der Waals surface area contributed by atoms with E-state index in [1.165, 1.54) is 41.5 Å². The van der Waals surface area contributed by atoms with Gasteiger partial charge in [0.1, 0.15) is 0 Å². The fourth-order valence-electron chi connectivity index (χ4n) is 2.35. The summed E-state index contributed by atoms with van der Waals surface area (Å²) in [6.45, 7) is 4.46. The summed E-state index contributed by atoms with van der Waals surface area (Å²) in [6.07, 6.45) is 4.81. The van der Waals surface area contributed by atoms with Crippen molar-refractivity contribution in [3.8, 4) is 11.1 Å². The van der Waals surface area contributed by atoms with E-state index in [-0.39, 0.29) is 0 Å². The van der Waals surface area contributed by atoms with Crippen LogP contribution in [0.15, 0.2) is 48.5 Å². The predicted molar refractivity (Wildman–Crippen MR) is 79.9 cm³/mol. The highest BCUT2D eigenvalue weighted by atomic mass is 14.1. The lowest BCUT2D eigenvalue weighted by Crippen LogP contribution is -1.91. The van der Waals surface area contributed by atoms with Crippen LogP contribution in [0.1, 0.15) is 37.8 Å². The molecule has 0 atom stereocenters. The van der Waals surface area contributed by atoms with Gasteiger partial charge in [-0.1, -0.05) is 68.8 Å². The molecule has 0 heterocycles. The van der Waals surface area contributed by atoms with Crippen molar-refractivity contribution < 1.29 is 0 Å². The van der Waals surface area contributed by atoms with Crippen LogP contribution in [-0.4, -0.2) is 0 Å². The van der Waals surface area contributed by atoms with E-state index < -0.39 is 0 Å². The minimum atomic E-state index is 1.10. The summed E-state index contributed by atoms with van der Waals surface area (Å²) in [5, 5.41) is 0. The molecule has 2 rings (SSSR count). The molecule has 2 aromatic carbocycles. The molecule has 0 fully saturated rings. The third-order valence-electron chi connectivity index (χ3n) is 3.46. The lowest BCUT2D eigenvalue weighted by Gasteiger charge is -2.10. The predicted octanol–water partition coefficient (Wildman–Crippen LogP) is 5.26. The molecule has 0 amide bonds. The average Bonchev–Trinajstić information content (AvgIpc) is 2.45. The second-order valence-electron chi connectivity index (χ2n) is 4.81. The summed E-state index contributed by atoms with van der Waals surface area (Å²) in [4.78, 5) is 0. The highest BCUT2D eigenvalue weighted by Crippen LogP contribution is 2.25. The van der Waals surface area contributed by atoms with Crippen LogP contribution < -0.4 is 0 Å². The molecule has 94 valence electrons. The van der Waals surface area contributed by atoms with E-state index in [1.807, 2.05) is 0 Å². The molecule has 18 heavy (non-hydrogen) atoms.